The van der Waals surface area contributed by atoms with Crippen molar-refractivity contribution >= 4 is 11.8 Å². The number of benzene rings is 1. The fourth-order valence-corrected chi connectivity index (χ4v) is 2.99. The van der Waals surface area contributed by atoms with Crippen molar-refractivity contribution in [1.82, 2.24) is 10.9 Å². The van der Waals surface area contributed by atoms with Crippen molar-refractivity contribution in [3.63, 3.8) is 0 Å². The number of amides is 2. The zero-order valence-corrected chi connectivity index (χ0v) is 14.4. The molecule has 2 rings (SSSR count). The Morgan fingerprint density at radius 3 is 2.54 bits per heavy atom. The van der Waals surface area contributed by atoms with Crippen molar-refractivity contribution in [2.75, 3.05) is 13.7 Å². The van der Waals surface area contributed by atoms with E-state index in [1.807, 2.05) is 6.92 Å². The Bertz CT molecular complexity index is 568. The highest BCUT2D eigenvalue weighted by Gasteiger charge is 2.18. The molecule has 1 saturated carbocycles. The van der Waals surface area contributed by atoms with E-state index in [9.17, 15) is 9.59 Å². The Balaban J connectivity index is 1.86. The highest BCUT2D eigenvalue weighted by molar-refractivity contribution is 5.96. The van der Waals surface area contributed by atoms with Crippen molar-refractivity contribution in [1.29, 1.82) is 0 Å². The van der Waals surface area contributed by atoms with Gasteiger partial charge in [-0.05, 0) is 43.9 Å². The van der Waals surface area contributed by atoms with Crippen molar-refractivity contribution in [3.8, 4) is 11.5 Å². The van der Waals surface area contributed by atoms with Gasteiger partial charge in [0.1, 0.15) is 0 Å². The minimum Gasteiger partial charge on any atom is -0.493 e. The van der Waals surface area contributed by atoms with Gasteiger partial charge in [-0.15, -0.1) is 0 Å². The van der Waals surface area contributed by atoms with E-state index in [-0.39, 0.29) is 11.8 Å². The van der Waals surface area contributed by atoms with E-state index in [1.54, 1.807) is 18.2 Å². The monoisotopic (exact) mass is 334 g/mol. The average Bonchev–Trinajstić information content (AvgIpc) is 2.61. The molecule has 24 heavy (non-hydrogen) atoms. The van der Waals surface area contributed by atoms with E-state index < -0.39 is 0 Å². The molecule has 2 N–H and O–H groups in total. The summed E-state index contributed by atoms with van der Waals surface area (Å²) in [4.78, 5) is 24.1. The van der Waals surface area contributed by atoms with Gasteiger partial charge >= 0.3 is 0 Å². The molecule has 6 nitrogen and oxygen atoms in total. The van der Waals surface area contributed by atoms with Gasteiger partial charge in [0.2, 0.25) is 5.91 Å². The fourth-order valence-electron chi connectivity index (χ4n) is 2.99. The molecule has 0 aliphatic heterocycles. The topological polar surface area (TPSA) is 76.7 Å². The van der Waals surface area contributed by atoms with Gasteiger partial charge in [-0.1, -0.05) is 19.3 Å². The number of hydrazine groups is 1. The summed E-state index contributed by atoms with van der Waals surface area (Å²) in [7, 11) is 1.52. The van der Waals surface area contributed by atoms with Gasteiger partial charge in [0.05, 0.1) is 13.7 Å². The van der Waals surface area contributed by atoms with Crippen LogP contribution >= 0.6 is 0 Å². The lowest BCUT2D eigenvalue weighted by Crippen LogP contribution is -2.42. The number of carbonyl (C=O) groups is 2. The van der Waals surface area contributed by atoms with E-state index in [0.717, 1.165) is 12.8 Å². The van der Waals surface area contributed by atoms with Crippen LogP contribution in [-0.4, -0.2) is 25.5 Å². The number of rotatable bonds is 6. The first-order valence-electron chi connectivity index (χ1n) is 8.54. The molecule has 1 aromatic rings. The second kappa shape index (κ2) is 9.15. The molecule has 1 aromatic carbocycles. The van der Waals surface area contributed by atoms with Gasteiger partial charge in [-0.25, -0.2) is 0 Å². The van der Waals surface area contributed by atoms with Crippen LogP contribution in [0.5, 0.6) is 11.5 Å². The molecule has 132 valence electrons. The summed E-state index contributed by atoms with van der Waals surface area (Å²) >= 11 is 0. The second-order valence-electron chi connectivity index (χ2n) is 6.01. The summed E-state index contributed by atoms with van der Waals surface area (Å²) in [6, 6.07) is 4.91. The van der Waals surface area contributed by atoms with E-state index in [1.165, 1.54) is 26.4 Å². The van der Waals surface area contributed by atoms with E-state index >= 15 is 0 Å². The van der Waals surface area contributed by atoms with Crippen LogP contribution in [0.1, 0.15) is 55.8 Å². The van der Waals surface area contributed by atoms with Gasteiger partial charge in [-0.3, -0.25) is 20.4 Å². The average molecular weight is 334 g/mol. The van der Waals surface area contributed by atoms with Crippen LogP contribution in [0.15, 0.2) is 18.2 Å². The van der Waals surface area contributed by atoms with Crippen molar-refractivity contribution < 1.29 is 19.1 Å². The van der Waals surface area contributed by atoms with Crippen molar-refractivity contribution in [2.45, 2.75) is 45.4 Å². The smallest absolute Gasteiger partial charge is 0.269 e. The van der Waals surface area contributed by atoms with E-state index in [4.69, 9.17) is 9.47 Å². The number of ether oxygens (including phenoxy) is 2. The quantitative estimate of drug-likeness (QED) is 0.784. The second-order valence-corrected chi connectivity index (χ2v) is 6.01. The van der Waals surface area contributed by atoms with Gasteiger partial charge in [0.15, 0.2) is 11.5 Å². The third-order valence-electron chi connectivity index (χ3n) is 4.24. The standard InChI is InChI=1S/C18H26N2O4/c1-3-24-15-10-9-14(12-16(15)23-2)18(22)20-19-17(21)11-13-7-5-4-6-8-13/h9-10,12-13H,3-8,11H2,1-2H3,(H,19,21)(H,20,22). The van der Waals surface area contributed by atoms with Crippen LogP contribution in [0.2, 0.25) is 0 Å². The van der Waals surface area contributed by atoms with Gasteiger partial charge < -0.3 is 9.47 Å². The molecule has 0 saturated heterocycles. The van der Waals surface area contributed by atoms with Crippen LogP contribution in [0.25, 0.3) is 0 Å². The molecule has 0 heterocycles. The lowest BCUT2D eigenvalue weighted by atomic mass is 9.87. The summed E-state index contributed by atoms with van der Waals surface area (Å²) in [5, 5.41) is 0. The molecular formula is C18H26N2O4. The maximum atomic E-state index is 12.2. The Hall–Kier alpha value is -2.24. The summed E-state index contributed by atoms with van der Waals surface area (Å²) in [5.41, 5.74) is 5.35. The molecule has 6 heteroatoms. The first-order valence-corrected chi connectivity index (χ1v) is 8.54. The normalized spacial score (nSPS) is 14.8. The molecule has 0 spiro atoms. The summed E-state index contributed by atoms with van der Waals surface area (Å²) in [6.07, 6.45) is 6.29. The zero-order valence-electron chi connectivity index (χ0n) is 14.4. The maximum Gasteiger partial charge on any atom is 0.269 e. The number of carbonyl (C=O) groups excluding carboxylic acids is 2. The minimum absolute atomic E-state index is 0.145. The highest BCUT2D eigenvalue weighted by atomic mass is 16.5. The number of nitrogens with one attached hydrogen (secondary N) is 2. The van der Waals surface area contributed by atoms with E-state index in [0.29, 0.717) is 36.0 Å². The molecule has 1 aliphatic carbocycles. The van der Waals surface area contributed by atoms with Crippen molar-refractivity contribution in [2.24, 2.45) is 5.92 Å². The highest BCUT2D eigenvalue weighted by Crippen LogP contribution is 2.28. The Morgan fingerprint density at radius 2 is 1.88 bits per heavy atom. The van der Waals surface area contributed by atoms with Crippen LogP contribution in [0.3, 0.4) is 0 Å². The van der Waals surface area contributed by atoms with E-state index in [2.05, 4.69) is 10.9 Å². The first kappa shape index (κ1) is 18.1. The number of hydrogen-bond acceptors (Lipinski definition) is 4. The van der Waals surface area contributed by atoms with Gasteiger partial charge in [0.25, 0.3) is 5.91 Å². The maximum absolute atomic E-state index is 12.2. The largest absolute Gasteiger partial charge is 0.493 e. The first-order chi connectivity index (χ1) is 11.6. The van der Waals surface area contributed by atoms with Gasteiger partial charge in [-0.2, -0.15) is 0 Å². The molecule has 1 aliphatic rings. The molecule has 0 atom stereocenters. The third kappa shape index (κ3) is 5.15. The predicted octanol–water partition coefficient (Wildman–Crippen LogP) is 2.83. The summed E-state index contributed by atoms with van der Waals surface area (Å²) < 4.78 is 10.6. The minimum atomic E-state index is -0.381. The Kier molecular flexibility index (Phi) is 6.90. The van der Waals surface area contributed by atoms with Crippen LogP contribution in [0.4, 0.5) is 0 Å². The molecule has 1 fully saturated rings. The fraction of sp³-hybridized carbons (Fsp3) is 0.556. The lowest BCUT2D eigenvalue weighted by Gasteiger charge is -2.20. The SMILES string of the molecule is CCOc1ccc(C(=O)NNC(=O)CC2CCCCC2)cc1OC. The van der Waals surface area contributed by atoms with Gasteiger partial charge in [0, 0.05) is 12.0 Å². The number of hydrogen-bond donors (Lipinski definition) is 2. The molecule has 2 amide bonds. The predicted molar refractivity (Wildman–Crippen MR) is 91.0 cm³/mol. The van der Waals surface area contributed by atoms with Crippen molar-refractivity contribution in [3.05, 3.63) is 23.8 Å². The Morgan fingerprint density at radius 1 is 1.12 bits per heavy atom. The Labute approximate surface area is 142 Å². The lowest BCUT2D eigenvalue weighted by molar-refractivity contribution is -0.123. The van der Waals surface area contributed by atoms with Crippen LogP contribution in [-0.2, 0) is 4.79 Å². The molecule has 0 radical (unpaired) electrons. The summed E-state index contributed by atoms with van der Waals surface area (Å²) in [6.45, 7) is 2.39. The number of methoxy groups -OCH3 is 1. The third-order valence-corrected chi connectivity index (χ3v) is 4.24. The van der Waals surface area contributed by atoms with Crippen LogP contribution in [0, 0.1) is 5.92 Å². The molecular weight excluding hydrogens is 308 g/mol. The molecule has 0 bridgehead atoms. The molecule has 0 unspecified atom stereocenters. The summed E-state index contributed by atoms with van der Waals surface area (Å²) in [5.74, 6) is 0.971. The molecule has 0 aromatic heterocycles. The van der Waals surface area contributed by atoms with Crippen LogP contribution < -0.4 is 20.3 Å². The zero-order chi connectivity index (χ0) is 17.4.